The molecule has 1 N–H and O–H groups in total. The van der Waals surface area contributed by atoms with Crippen LogP contribution < -0.4 is 5.32 Å². The lowest BCUT2D eigenvalue weighted by atomic mass is 9.96. The largest absolute Gasteiger partial charge is 0.349 e. The van der Waals surface area contributed by atoms with Crippen molar-refractivity contribution in [2.24, 2.45) is 0 Å². The molecule has 134 valence electrons. The molecule has 1 saturated carbocycles. The maximum absolute atomic E-state index is 12.3. The molecule has 1 atom stereocenters. The number of carbonyl (C=O) groups is 1. The Hall–Kier alpha value is -1.41. The molecule has 0 radical (unpaired) electrons. The molecule has 6 nitrogen and oxygen atoms in total. The Bertz CT molecular complexity index is 699. The number of amides is 1. The number of benzene rings is 1. The Morgan fingerprint density at radius 3 is 2.76 bits per heavy atom. The molecule has 1 aliphatic rings. The molecule has 1 amide bonds. The van der Waals surface area contributed by atoms with Gasteiger partial charge in [0, 0.05) is 4.47 Å². The SMILES string of the molecule is CC(NC(=O)CSc1nnnn1C1CCCCC1)c1ccc(Br)cc1. The molecule has 1 aromatic carbocycles. The van der Waals surface area contributed by atoms with E-state index in [0.717, 1.165) is 28.0 Å². The van der Waals surface area contributed by atoms with Crippen molar-refractivity contribution in [3.63, 3.8) is 0 Å². The lowest BCUT2D eigenvalue weighted by Crippen LogP contribution is -2.28. The van der Waals surface area contributed by atoms with Gasteiger partial charge in [-0.15, -0.1) is 5.10 Å². The number of halogens is 1. The van der Waals surface area contributed by atoms with Gasteiger partial charge in [-0.2, -0.15) is 0 Å². The molecular formula is C17H22BrN5OS. The van der Waals surface area contributed by atoms with E-state index in [1.54, 1.807) is 0 Å². The van der Waals surface area contributed by atoms with E-state index in [0.29, 0.717) is 11.8 Å². The van der Waals surface area contributed by atoms with Crippen molar-refractivity contribution in [1.29, 1.82) is 0 Å². The van der Waals surface area contributed by atoms with Gasteiger partial charge < -0.3 is 5.32 Å². The first-order chi connectivity index (χ1) is 12.1. The molecule has 1 aromatic heterocycles. The molecule has 25 heavy (non-hydrogen) atoms. The third kappa shape index (κ3) is 5.04. The van der Waals surface area contributed by atoms with Crippen LogP contribution in [0.3, 0.4) is 0 Å². The Balaban J connectivity index is 1.52. The highest BCUT2D eigenvalue weighted by Gasteiger charge is 2.21. The number of nitrogens with one attached hydrogen (secondary N) is 1. The van der Waals surface area contributed by atoms with E-state index in [9.17, 15) is 4.79 Å². The molecule has 1 aliphatic carbocycles. The van der Waals surface area contributed by atoms with Crippen LogP contribution in [-0.2, 0) is 4.79 Å². The van der Waals surface area contributed by atoms with Crippen LogP contribution in [0.2, 0.25) is 0 Å². The van der Waals surface area contributed by atoms with E-state index in [2.05, 4.69) is 36.8 Å². The Kier molecular flexibility index (Phi) is 6.47. The van der Waals surface area contributed by atoms with Crippen LogP contribution in [0, 0.1) is 0 Å². The van der Waals surface area contributed by atoms with Crippen LogP contribution in [0.5, 0.6) is 0 Å². The molecule has 3 rings (SSSR count). The summed E-state index contributed by atoms with van der Waals surface area (Å²) in [6.45, 7) is 1.98. The van der Waals surface area contributed by atoms with Crippen LogP contribution in [0.15, 0.2) is 33.9 Å². The van der Waals surface area contributed by atoms with E-state index in [-0.39, 0.29) is 11.9 Å². The lowest BCUT2D eigenvalue weighted by Gasteiger charge is -2.22. The van der Waals surface area contributed by atoms with Gasteiger partial charge in [0.2, 0.25) is 11.1 Å². The third-order valence-electron chi connectivity index (χ3n) is 4.46. The summed E-state index contributed by atoms with van der Waals surface area (Å²) in [4.78, 5) is 12.3. The number of hydrogen-bond acceptors (Lipinski definition) is 5. The minimum Gasteiger partial charge on any atom is -0.349 e. The number of tetrazole rings is 1. The number of thioether (sulfide) groups is 1. The standard InChI is InChI=1S/C17H22BrN5OS/c1-12(13-7-9-14(18)10-8-13)19-16(24)11-25-17-20-21-22-23(17)15-5-3-2-4-6-15/h7-10,12,15H,2-6,11H2,1H3,(H,19,24). The summed E-state index contributed by atoms with van der Waals surface area (Å²) in [7, 11) is 0. The minimum atomic E-state index is -0.0319. The van der Waals surface area contributed by atoms with Crippen LogP contribution >= 0.6 is 27.7 Å². The summed E-state index contributed by atoms with van der Waals surface area (Å²) in [6.07, 6.45) is 5.97. The van der Waals surface area contributed by atoms with E-state index in [1.807, 2.05) is 35.9 Å². The van der Waals surface area contributed by atoms with Gasteiger partial charge in [-0.3, -0.25) is 4.79 Å². The van der Waals surface area contributed by atoms with Crippen LogP contribution in [0.25, 0.3) is 0 Å². The summed E-state index contributed by atoms with van der Waals surface area (Å²) in [5.74, 6) is 0.298. The molecule has 0 aliphatic heterocycles. The van der Waals surface area contributed by atoms with E-state index in [4.69, 9.17) is 0 Å². The topological polar surface area (TPSA) is 72.7 Å². The van der Waals surface area contributed by atoms with Gasteiger partial charge >= 0.3 is 0 Å². The zero-order chi connectivity index (χ0) is 17.6. The summed E-state index contributed by atoms with van der Waals surface area (Å²) in [6, 6.07) is 8.31. The molecule has 2 aromatic rings. The lowest BCUT2D eigenvalue weighted by molar-refractivity contribution is -0.119. The van der Waals surface area contributed by atoms with Crippen LogP contribution in [0.4, 0.5) is 0 Å². The zero-order valence-electron chi connectivity index (χ0n) is 14.2. The molecule has 1 heterocycles. The minimum absolute atomic E-state index is 0.0152. The fraction of sp³-hybridized carbons (Fsp3) is 0.529. The van der Waals surface area contributed by atoms with Crippen molar-refractivity contribution in [2.45, 2.75) is 56.3 Å². The quantitative estimate of drug-likeness (QED) is 0.712. The third-order valence-corrected chi connectivity index (χ3v) is 5.93. The predicted octanol–water partition coefficient (Wildman–Crippen LogP) is 3.91. The second-order valence-corrected chi connectivity index (χ2v) is 8.19. The van der Waals surface area contributed by atoms with Crippen molar-refractivity contribution in [3.8, 4) is 0 Å². The number of nitrogens with zero attached hydrogens (tertiary/aromatic N) is 4. The predicted molar refractivity (Wildman–Crippen MR) is 101 cm³/mol. The normalized spacial score (nSPS) is 16.6. The summed E-state index contributed by atoms with van der Waals surface area (Å²) in [5, 5.41) is 15.8. The van der Waals surface area contributed by atoms with E-state index < -0.39 is 0 Å². The van der Waals surface area contributed by atoms with Gasteiger partial charge in [0.05, 0.1) is 17.8 Å². The molecule has 8 heteroatoms. The van der Waals surface area contributed by atoms with Crippen molar-refractivity contribution in [1.82, 2.24) is 25.5 Å². The van der Waals surface area contributed by atoms with Crippen molar-refractivity contribution < 1.29 is 4.79 Å². The summed E-state index contributed by atoms with van der Waals surface area (Å²) in [5.41, 5.74) is 1.08. The molecule has 0 saturated heterocycles. The fourth-order valence-corrected chi connectivity index (χ4v) is 4.10. The number of aromatic nitrogens is 4. The fourth-order valence-electron chi connectivity index (χ4n) is 3.08. The molecule has 1 unspecified atom stereocenters. The summed E-state index contributed by atoms with van der Waals surface area (Å²) < 4.78 is 2.93. The highest BCUT2D eigenvalue weighted by Crippen LogP contribution is 2.30. The van der Waals surface area contributed by atoms with Crippen molar-refractivity contribution in [2.75, 3.05) is 5.75 Å². The van der Waals surface area contributed by atoms with Gasteiger partial charge in [-0.05, 0) is 47.9 Å². The summed E-state index contributed by atoms with van der Waals surface area (Å²) >= 11 is 4.82. The van der Waals surface area contributed by atoms with Crippen LogP contribution in [-0.4, -0.2) is 31.9 Å². The molecule has 1 fully saturated rings. The highest BCUT2D eigenvalue weighted by atomic mass is 79.9. The number of rotatable bonds is 6. The van der Waals surface area contributed by atoms with Gasteiger partial charge in [0.25, 0.3) is 0 Å². The number of carbonyl (C=O) groups excluding carboxylic acids is 1. The second-order valence-electron chi connectivity index (χ2n) is 6.33. The Morgan fingerprint density at radius 2 is 2.04 bits per heavy atom. The van der Waals surface area contributed by atoms with E-state index in [1.165, 1.54) is 31.0 Å². The van der Waals surface area contributed by atoms with Gasteiger partial charge in [0.15, 0.2) is 0 Å². The van der Waals surface area contributed by atoms with E-state index >= 15 is 0 Å². The first-order valence-corrected chi connectivity index (χ1v) is 10.4. The number of hydrogen-bond donors (Lipinski definition) is 1. The van der Waals surface area contributed by atoms with Crippen LogP contribution in [0.1, 0.15) is 56.7 Å². The smallest absolute Gasteiger partial charge is 0.230 e. The average molecular weight is 424 g/mol. The first kappa shape index (κ1) is 18.4. The van der Waals surface area contributed by atoms with Crippen molar-refractivity contribution in [3.05, 3.63) is 34.3 Å². The maximum atomic E-state index is 12.3. The highest BCUT2D eigenvalue weighted by molar-refractivity contribution is 9.10. The first-order valence-electron chi connectivity index (χ1n) is 8.59. The monoisotopic (exact) mass is 423 g/mol. The van der Waals surface area contributed by atoms with Gasteiger partial charge in [0.1, 0.15) is 0 Å². The second kappa shape index (κ2) is 8.80. The van der Waals surface area contributed by atoms with Gasteiger partial charge in [-0.25, -0.2) is 4.68 Å². The average Bonchev–Trinajstić information content (AvgIpc) is 3.10. The molecule has 0 spiro atoms. The Morgan fingerprint density at radius 1 is 1.32 bits per heavy atom. The van der Waals surface area contributed by atoms with Gasteiger partial charge in [-0.1, -0.05) is 59.1 Å². The molecular weight excluding hydrogens is 402 g/mol. The molecule has 0 bridgehead atoms. The maximum Gasteiger partial charge on any atom is 0.230 e. The Labute approximate surface area is 160 Å². The zero-order valence-corrected chi connectivity index (χ0v) is 16.6. The van der Waals surface area contributed by atoms with Crippen molar-refractivity contribution >= 4 is 33.6 Å².